The highest BCUT2D eigenvalue weighted by atomic mass is 19.1. The van der Waals surface area contributed by atoms with Crippen LogP contribution in [0, 0.1) is 12.3 Å². The van der Waals surface area contributed by atoms with Gasteiger partial charge >= 0.3 is 0 Å². The molecule has 1 rings (SSSR count). The highest BCUT2D eigenvalue weighted by Gasteiger charge is 2.30. The van der Waals surface area contributed by atoms with Gasteiger partial charge in [-0.25, -0.2) is 4.39 Å². The summed E-state index contributed by atoms with van der Waals surface area (Å²) in [6.07, 6.45) is -1.12. The molecule has 0 heterocycles. The Bertz CT molecular complexity index is 307. The first-order valence-electron chi connectivity index (χ1n) is 4.79. The minimum atomic E-state index is -1.12. The number of benzene rings is 1. The fourth-order valence-electron chi connectivity index (χ4n) is 1.36. The summed E-state index contributed by atoms with van der Waals surface area (Å²) in [4.78, 5) is 0. The van der Waals surface area contributed by atoms with Crippen molar-refractivity contribution in [3.8, 4) is 0 Å². The lowest BCUT2D eigenvalue weighted by molar-refractivity contribution is 0.0664. The van der Waals surface area contributed by atoms with Crippen LogP contribution in [-0.4, -0.2) is 11.7 Å². The van der Waals surface area contributed by atoms with E-state index in [1.165, 1.54) is 0 Å². The average Bonchev–Trinajstić information content (AvgIpc) is 2.16. The summed E-state index contributed by atoms with van der Waals surface area (Å²) >= 11 is 0. The predicted octanol–water partition coefficient (Wildman–Crippen LogP) is 3.02. The second-order valence-corrected chi connectivity index (χ2v) is 4.42. The number of aliphatic hydroxyl groups excluding tert-OH is 1. The Balaban J connectivity index is 2.94. The smallest absolute Gasteiger partial charge is 0.132 e. The van der Waals surface area contributed by atoms with Gasteiger partial charge in [-0.2, -0.15) is 0 Å². The predicted molar refractivity (Wildman–Crippen MR) is 55.9 cm³/mol. The summed E-state index contributed by atoms with van der Waals surface area (Å²) < 4.78 is 13.9. The number of alkyl halides is 1. The summed E-state index contributed by atoms with van der Waals surface area (Å²) in [6.45, 7) is 5.23. The maximum atomic E-state index is 13.9. The zero-order chi connectivity index (χ0) is 10.8. The topological polar surface area (TPSA) is 20.2 Å². The van der Waals surface area contributed by atoms with E-state index in [2.05, 4.69) is 0 Å². The van der Waals surface area contributed by atoms with E-state index in [4.69, 9.17) is 5.11 Å². The van der Waals surface area contributed by atoms with Crippen LogP contribution in [0.1, 0.15) is 31.1 Å². The lowest BCUT2D eigenvalue weighted by Crippen LogP contribution is -2.23. The van der Waals surface area contributed by atoms with Crippen molar-refractivity contribution in [1.82, 2.24) is 0 Å². The summed E-state index contributed by atoms with van der Waals surface area (Å²) in [5.74, 6) is 0. The molecule has 14 heavy (non-hydrogen) atoms. The van der Waals surface area contributed by atoms with E-state index in [0.29, 0.717) is 5.56 Å². The summed E-state index contributed by atoms with van der Waals surface area (Å²) in [5.41, 5.74) is 0.969. The number of hydrogen-bond acceptors (Lipinski definition) is 1. The molecule has 1 aromatic rings. The van der Waals surface area contributed by atoms with Gasteiger partial charge in [-0.05, 0) is 12.5 Å². The fraction of sp³-hybridized carbons (Fsp3) is 0.500. The first-order chi connectivity index (χ1) is 6.47. The molecule has 1 unspecified atom stereocenters. The van der Waals surface area contributed by atoms with Gasteiger partial charge < -0.3 is 5.11 Å². The van der Waals surface area contributed by atoms with Gasteiger partial charge in [0, 0.05) is 5.41 Å². The van der Waals surface area contributed by atoms with Gasteiger partial charge in [-0.1, -0.05) is 43.7 Å². The van der Waals surface area contributed by atoms with Gasteiger partial charge in [0.05, 0.1) is 6.61 Å². The minimum absolute atomic E-state index is 0.151. The molecule has 0 aromatic heterocycles. The van der Waals surface area contributed by atoms with Crippen LogP contribution in [0.2, 0.25) is 0 Å². The molecule has 0 spiro atoms. The Kier molecular flexibility index (Phi) is 3.27. The van der Waals surface area contributed by atoms with Crippen molar-refractivity contribution < 1.29 is 9.50 Å². The Morgan fingerprint density at radius 1 is 1.43 bits per heavy atom. The molecular weight excluding hydrogens is 179 g/mol. The number of aliphatic hydroxyl groups is 1. The standard InChI is InChI=1S/C12H17FO/c1-9-5-4-6-10(7-9)11(13)12(2,3)8-14/h4-7,11,14H,8H2,1-3H3. The van der Waals surface area contributed by atoms with Crippen molar-refractivity contribution in [1.29, 1.82) is 0 Å². The average molecular weight is 196 g/mol. The molecule has 0 aliphatic heterocycles. The van der Waals surface area contributed by atoms with Crippen LogP contribution in [0.15, 0.2) is 24.3 Å². The van der Waals surface area contributed by atoms with E-state index >= 15 is 0 Å². The molecule has 0 radical (unpaired) electrons. The van der Waals surface area contributed by atoms with Crippen LogP contribution < -0.4 is 0 Å². The SMILES string of the molecule is Cc1cccc(C(F)C(C)(C)CO)c1. The van der Waals surface area contributed by atoms with Crippen LogP contribution in [0.4, 0.5) is 4.39 Å². The summed E-state index contributed by atoms with van der Waals surface area (Å²) in [7, 11) is 0. The molecular formula is C12H17FO. The van der Waals surface area contributed by atoms with E-state index < -0.39 is 11.6 Å². The highest BCUT2D eigenvalue weighted by molar-refractivity contribution is 5.25. The van der Waals surface area contributed by atoms with Crippen LogP contribution in [0.5, 0.6) is 0 Å². The van der Waals surface area contributed by atoms with E-state index in [1.54, 1.807) is 19.9 Å². The molecule has 1 atom stereocenters. The maximum absolute atomic E-state index is 13.9. The van der Waals surface area contributed by atoms with Crippen LogP contribution >= 0.6 is 0 Å². The van der Waals surface area contributed by atoms with Crippen LogP contribution in [-0.2, 0) is 0 Å². The van der Waals surface area contributed by atoms with Crippen molar-refractivity contribution in [2.24, 2.45) is 5.41 Å². The van der Waals surface area contributed by atoms with Gasteiger partial charge in [0.1, 0.15) is 6.17 Å². The van der Waals surface area contributed by atoms with Crippen LogP contribution in [0.25, 0.3) is 0 Å². The third-order valence-corrected chi connectivity index (χ3v) is 2.43. The Morgan fingerprint density at radius 3 is 2.57 bits per heavy atom. The van der Waals surface area contributed by atoms with E-state index in [9.17, 15) is 4.39 Å². The first kappa shape index (κ1) is 11.2. The van der Waals surface area contributed by atoms with Crippen LogP contribution in [0.3, 0.4) is 0 Å². The molecule has 1 nitrogen and oxygen atoms in total. The minimum Gasteiger partial charge on any atom is -0.396 e. The van der Waals surface area contributed by atoms with Crippen molar-refractivity contribution in [3.05, 3.63) is 35.4 Å². The number of rotatable bonds is 3. The molecule has 0 saturated heterocycles. The van der Waals surface area contributed by atoms with Crippen molar-refractivity contribution in [2.75, 3.05) is 6.61 Å². The van der Waals surface area contributed by atoms with Gasteiger partial charge in [0.15, 0.2) is 0 Å². The summed E-state index contributed by atoms with van der Waals surface area (Å²) in [6, 6.07) is 7.35. The number of aryl methyl sites for hydroxylation is 1. The molecule has 1 aromatic carbocycles. The number of halogens is 1. The molecule has 0 bridgehead atoms. The van der Waals surface area contributed by atoms with Crippen molar-refractivity contribution in [2.45, 2.75) is 26.9 Å². The van der Waals surface area contributed by atoms with Crippen molar-refractivity contribution in [3.63, 3.8) is 0 Å². The Morgan fingerprint density at radius 2 is 2.07 bits per heavy atom. The zero-order valence-corrected chi connectivity index (χ0v) is 8.92. The van der Waals surface area contributed by atoms with Gasteiger partial charge in [0.25, 0.3) is 0 Å². The second-order valence-electron chi connectivity index (χ2n) is 4.42. The molecule has 78 valence electrons. The molecule has 0 saturated carbocycles. The molecule has 1 N–H and O–H groups in total. The first-order valence-corrected chi connectivity index (χ1v) is 4.79. The third kappa shape index (κ3) is 2.32. The van der Waals surface area contributed by atoms with Gasteiger partial charge in [-0.3, -0.25) is 0 Å². The Labute approximate surface area is 84.6 Å². The largest absolute Gasteiger partial charge is 0.396 e. The lowest BCUT2D eigenvalue weighted by atomic mass is 9.84. The molecule has 0 aliphatic rings. The van der Waals surface area contributed by atoms with Gasteiger partial charge in [-0.15, -0.1) is 0 Å². The highest BCUT2D eigenvalue weighted by Crippen LogP contribution is 2.36. The normalized spacial score (nSPS) is 14.1. The van der Waals surface area contributed by atoms with E-state index in [1.807, 2.05) is 25.1 Å². The molecule has 0 aliphatic carbocycles. The fourth-order valence-corrected chi connectivity index (χ4v) is 1.36. The third-order valence-electron chi connectivity index (χ3n) is 2.43. The summed E-state index contributed by atoms with van der Waals surface area (Å²) in [5, 5.41) is 9.06. The second kappa shape index (κ2) is 4.09. The molecule has 2 heteroatoms. The zero-order valence-electron chi connectivity index (χ0n) is 8.92. The quantitative estimate of drug-likeness (QED) is 0.787. The van der Waals surface area contributed by atoms with E-state index in [0.717, 1.165) is 5.56 Å². The molecule has 0 fully saturated rings. The van der Waals surface area contributed by atoms with Crippen molar-refractivity contribution >= 4 is 0 Å². The molecule has 0 amide bonds. The number of hydrogen-bond donors (Lipinski definition) is 1. The van der Waals surface area contributed by atoms with E-state index in [-0.39, 0.29) is 6.61 Å². The van der Waals surface area contributed by atoms with Gasteiger partial charge in [0.2, 0.25) is 0 Å². The monoisotopic (exact) mass is 196 g/mol. The Hall–Kier alpha value is -0.890. The maximum Gasteiger partial charge on any atom is 0.132 e. The lowest BCUT2D eigenvalue weighted by Gasteiger charge is -2.26.